The summed E-state index contributed by atoms with van der Waals surface area (Å²) in [5.41, 5.74) is 0.898. The fourth-order valence-electron chi connectivity index (χ4n) is 3.11. The van der Waals surface area contributed by atoms with E-state index in [4.69, 9.17) is 9.15 Å². The molecule has 0 unspecified atom stereocenters. The van der Waals surface area contributed by atoms with Crippen molar-refractivity contribution in [2.45, 2.75) is 13.5 Å². The zero-order chi connectivity index (χ0) is 21.0. The lowest BCUT2D eigenvalue weighted by Gasteiger charge is -2.30. The SMILES string of the molecule is COC(=O)c1cc(CNC(=O)c2cc([N+](=O)[O-])ccc2N2CCOCC2)oc1C. The largest absolute Gasteiger partial charge is 0.465 e. The first-order valence-electron chi connectivity index (χ1n) is 8.97. The number of aryl methyl sites for hydroxylation is 1. The Balaban J connectivity index is 1.81. The van der Waals surface area contributed by atoms with Crippen LogP contribution in [0.4, 0.5) is 11.4 Å². The third-order valence-electron chi connectivity index (χ3n) is 4.58. The van der Waals surface area contributed by atoms with Crippen molar-refractivity contribution in [3.8, 4) is 0 Å². The number of rotatable bonds is 6. The molecule has 0 spiro atoms. The van der Waals surface area contributed by atoms with E-state index in [-0.39, 0.29) is 23.4 Å². The van der Waals surface area contributed by atoms with Crippen molar-refractivity contribution >= 4 is 23.3 Å². The lowest BCUT2D eigenvalue weighted by molar-refractivity contribution is -0.384. The first kappa shape index (κ1) is 20.3. The molecule has 0 aliphatic carbocycles. The van der Waals surface area contributed by atoms with Crippen LogP contribution in [-0.4, -0.2) is 50.2 Å². The van der Waals surface area contributed by atoms with Gasteiger partial charge in [-0.2, -0.15) is 0 Å². The third-order valence-corrected chi connectivity index (χ3v) is 4.58. The molecule has 3 rings (SSSR count). The highest BCUT2D eigenvalue weighted by atomic mass is 16.6. The Kier molecular flexibility index (Phi) is 6.13. The van der Waals surface area contributed by atoms with Crippen LogP contribution in [0.1, 0.15) is 32.2 Å². The number of nitro groups is 1. The molecule has 1 aromatic heterocycles. The van der Waals surface area contributed by atoms with Crippen LogP contribution >= 0.6 is 0 Å². The summed E-state index contributed by atoms with van der Waals surface area (Å²) in [7, 11) is 1.27. The van der Waals surface area contributed by atoms with E-state index >= 15 is 0 Å². The van der Waals surface area contributed by atoms with Gasteiger partial charge in [0.2, 0.25) is 0 Å². The van der Waals surface area contributed by atoms with Crippen LogP contribution in [0.3, 0.4) is 0 Å². The fraction of sp³-hybridized carbons (Fsp3) is 0.368. The summed E-state index contributed by atoms with van der Waals surface area (Å²) >= 11 is 0. The number of ether oxygens (including phenoxy) is 2. The Bertz CT molecular complexity index is 932. The van der Waals surface area contributed by atoms with Crippen LogP contribution in [0.15, 0.2) is 28.7 Å². The number of furan rings is 1. The summed E-state index contributed by atoms with van der Waals surface area (Å²) < 4.78 is 15.5. The number of nitrogens with zero attached hydrogens (tertiary/aromatic N) is 2. The van der Waals surface area contributed by atoms with Crippen LogP contribution < -0.4 is 10.2 Å². The van der Waals surface area contributed by atoms with Gasteiger partial charge in [0.15, 0.2) is 0 Å². The standard InChI is InChI=1S/C19H21N3O7/c1-12-15(19(24)27-2)10-14(29-12)11-20-18(23)16-9-13(22(25)26)3-4-17(16)21-5-7-28-8-6-21/h3-4,9-10H,5-8,11H2,1-2H3,(H,20,23). The maximum atomic E-state index is 12.8. The van der Waals surface area contributed by atoms with Gasteiger partial charge in [-0.1, -0.05) is 0 Å². The van der Waals surface area contributed by atoms with Crippen LogP contribution in [0.5, 0.6) is 0 Å². The highest BCUT2D eigenvalue weighted by Gasteiger charge is 2.23. The molecule has 0 atom stereocenters. The van der Waals surface area contributed by atoms with Crippen molar-refractivity contribution in [3.63, 3.8) is 0 Å². The van der Waals surface area contributed by atoms with Crippen molar-refractivity contribution in [2.24, 2.45) is 0 Å². The summed E-state index contributed by atoms with van der Waals surface area (Å²) in [5, 5.41) is 13.8. The zero-order valence-electron chi connectivity index (χ0n) is 16.1. The van der Waals surface area contributed by atoms with E-state index in [0.717, 1.165) is 0 Å². The first-order chi connectivity index (χ1) is 13.9. The normalized spacial score (nSPS) is 13.8. The second-order valence-corrected chi connectivity index (χ2v) is 6.41. The number of nitro benzene ring substituents is 1. The Morgan fingerprint density at radius 1 is 1.24 bits per heavy atom. The molecule has 0 radical (unpaired) electrons. The number of anilines is 1. The third kappa shape index (κ3) is 4.54. The summed E-state index contributed by atoms with van der Waals surface area (Å²) in [6.45, 7) is 3.83. The highest BCUT2D eigenvalue weighted by molar-refractivity contribution is 6.00. The molecule has 2 aromatic rings. The molecule has 1 saturated heterocycles. The summed E-state index contributed by atoms with van der Waals surface area (Å²) in [6, 6.07) is 5.70. The molecular formula is C19H21N3O7. The number of esters is 1. The monoisotopic (exact) mass is 403 g/mol. The highest BCUT2D eigenvalue weighted by Crippen LogP contribution is 2.26. The summed E-state index contributed by atoms with van der Waals surface area (Å²) in [4.78, 5) is 37.1. The summed E-state index contributed by atoms with van der Waals surface area (Å²) in [5.74, 6) is -0.263. The number of morpholine rings is 1. The molecule has 2 heterocycles. The van der Waals surface area contributed by atoms with Crippen LogP contribution in [0.2, 0.25) is 0 Å². The number of carbonyl (C=O) groups is 2. The van der Waals surface area contributed by atoms with E-state index in [2.05, 4.69) is 10.1 Å². The Hall–Kier alpha value is -3.40. The van der Waals surface area contributed by atoms with Crippen molar-refractivity contribution in [1.29, 1.82) is 0 Å². The van der Waals surface area contributed by atoms with Gasteiger partial charge in [-0.3, -0.25) is 14.9 Å². The number of hydrogen-bond acceptors (Lipinski definition) is 8. The minimum absolute atomic E-state index is 0.0158. The number of non-ortho nitro benzene ring substituents is 1. The number of carbonyl (C=O) groups excluding carboxylic acids is 2. The number of amides is 1. The van der Waals surface area contributed by atoms with E-state index in [9.17, 15) is 19.7 Å². The number of methoxy groups -OCH3 is 1. The molecule has 1 aliphatic heterocycles. The van der Waals surface area contributed by atoms with E-state index in [1.807, 2.05) is 4.90 Å². The minimum Gasteiger partial charge on any atom is -0.465 e. The fourth-order valence-corrected chi connectivity index (χ4v) is 3.11. The summed E-state index contributed by atoms with van der Waals surface area (Å²) in [6.07, 6.45) is 0. The van der Waals surface area contributed by atoms with Crippen LogP contribution in [0, 0.1) is 17.0 Å². The van der Waals surface area contributed by atoms with Crippen molar-refractivity contribution in [1.82, 2.24) is 5.32 Å². The van der Waals surface area contributed by atoms with Crippen LogP contribution in [0.25, 0.3) is 0 Å². The maximum absolute atomic E-state index is 12.8. The molecule has 1 aliphatic rings. The molecule has 1 aromatic carbocycles. The van der Waals surface area contributed by atoms with Gasteiger partial charge in [-0.05, 0) is 19.1 Å². The van der Waals surface area contributed by atoms with Gasteiger partial charge in [0.25, 0.3) is 11.6 Å². The average Bonchev–Trinajstić information content (AvgIpc) is 3.12. The maximum Gasteiger partial charge on any atom is 0.341 e. The number of hydrogen-bond donors (Lipinski definition) is 1. The molecule has 29 heavy (non-hydrogen) atoms. The molecule has 0 bridgehead atoms. The Labute approximate surface area is 166 Å². The lowest BCUT2D eigenvalue weighted by atomic mass is 10.1. The van der Waals surface area contributed by atoms with Gasteiger partial charge in [-0.15, -0.1) is 0 Å². The number of nitrogens with one attached hydrogen (secondary N) is 1. The molecule has 1 N–H and O–H groups in total. The average molecular weight is 403 g/mol. The van der Waals surface area contributed by atoms with Crippen molar-refractivity contribution in [3.05, 3.63) is 57.0 Å². The number of benzene rings is 1. The van der Waals surface area contributed by atoms with Gasteiger partial charge >= 0.3 is 5.97 Å². The molecular weight excluding hydrogens is 382 g/mol. The predicted octanol–water partition coefficient (Wildman–Crippen LogP) is 2.05. The van der Waals surface area contributed by atoms with E-state index in [1.54, 1.807) is 13.0 Å². The molecule has 0 saturated carbocycles. The zero-order valence-corrected chi connectivity index (χ0v) is 16.1. The van der Waals surface area contributed by atoms with E-state index in [0.29, 0.717) is 43.5 Å². The smallest absolute Gasteiger partial charge is 0.341 e. The predicted molar refractivity (Wildman–Crippen MR) is 102 cm³/mol. The molecule has 1 fully saturated rings. The topological polar surface area (TPSA) is 124 Å². The molecule has 1 amide bonds. The first-order valence-corrected chi connectivity index (χ1v) is 8.97. The van der Waals surface area contributed by atoms with E-state index in [1.165, 1.54) is 25.3 Å². The van der Waals surface area contributed by atoms with Gasteiger partial charge in [0.05, 0.1) is 43.0 Å². The second-order valence-electron chi connectivity index (χ2n) is 6.41. The Morgan fingerprint density at radius 2 is 1.97 bits per heavy atom. The molecule has 10 nitrogen and oxygen atoms in total. The quantitative estimate of drug-likeness (QED) is 0.441. The van der Waals surface area contributed by atoms with Gasteiger partial charge in [0, 0.05) is 25.2 Å². The lowest BCUT2D eigenvalue weighted by Crippen LogP contribution is -2.38. The molecule has 10 heteroatoms. The minimum atomic E-state index is -0.543. The van der Waals surface area contributed by atoms with E-state index < -0.39 is 16.8 Å². The van der Waals surface area contributed by atoms with Gasteiger partial charge in [0.1, 0.15) is 17.1 Å². The molecule has 154 valence electrons. The Morgan fingerprint density at radius 3 is 2.62 bits per heavy atom. The van der Waals surface area contributed by atoms with Gasteiger partial charge in [-0.25, -0.2) is 4.79 Å². The van der Waals surface area contributed by atoms with Crippen molar-refractivity contribution in [2.75, 3.05) is 38.3 Å². The van der Waals surface area contributed by atoms with Crippen LogP contribution in [-0.2, 0) is 16.0 Å². The van der Waals surface area contributed by atoms with Gasteiger partial charge < -0.3 is 24.1 Å². The van der Waals surface area contributed by atoms with Crippen molar-refractivity contribution < 1.29 is 28.4 Å². The second kappa shape index (κ2) is 8.74.